The van der Waals surface area contributed by atoms with E-state index >= 15 is 0 Å². The van der Waals surface area contributed by atoms with Crippen molar-refractivity contribution in [3.8, 4) is 6.01 Å². The Balaban J connectivity index is 1.18. The molecule has 3 fully saturated rings. The van der Waals surface area contributed by atoms with Crippen molar-refractivity contribution >= 4 is 28.2 Å². The van der Waals surface area contributed by atoms with Gasteiger partial charge in [0.25, 0.3) is 0 Å². The molecule has 210 valence electrons. The first-order chi connectivity index (χ1) is 19.5. The molecule has 1 aromatic heterocycles. The fourth-order valence-corrected chi connectivity index (χ4v) is 6.64. The number of carbonyl (C=O) groups is 1. The van der Waals surface area contributed by atoms with Crippen LogP contribution in [0.3, 0.4) is 0 Å². The van der Waals surface area contributed by atoms with Crippen LogP contribution in [-0.4, -0.2) is 97.2 Å². The third kappa shape index (κ3) is 4.86. The smallest absolute Gasteiger partial charge is 0.318 e. The molecule has 2 atom stereocenters. The predicted molar refractivity (Wildman–Crippen MR) is 157 cm³/mol. The van der Waals surface area contributed by atoms with Gasteiger partial charge in [-0.05, 0) is 56.8 Å². The third-order valence-electron chi connectivity index (χ3n) is 9.13. The van der Waals surface area contributed by atoms with E-state index in [9.17, 15) is 4.79 Å². The second-order valence-corrected chi connectivity index (χ2v) is 11.7. The van der Waals surface area contributed by atoms with E-state index in [1.807, 2.05) is 4.90 Å². The number of carbonyl (C=O) groups excluding carboxylic acids is 1. The highest BCUT2D eigenvalue weighted by Gasteiger charge is 2.35. The van der Waals surface area contributed by atoms with Crippen molar-refractivity contribution in [2.75, 3.05) is 69.3 Å². The number of likely N-dealkylation sites (N-methyl/N-ethyl adjacent to an activating group) is 1. The second-order valence-electron chi connectivity index (χ2n) is 11.7. The number of hydrogen-bond donors (Lipinski definition) is 1. The first-order valence-corrected chi connectivity index (χ1v) is 14.8. The highest BCUT2D eigenvalue weighted by molar-refractivity contribution is 5.97. The van der Waals surface area contributed by atoms with Crippen LogP contribution in [-0.2, 0) is 17.8 Å². The number of fused-ring (bicyclic) bond motifs is 2. The lowest BCUT2D eigenvalue weighted by Gasteiger charge is -2.38. The van der Waals surface area contributed by atoms with Crippen LogP contribution in [0.2, 0.25) is 0 Å². The molecule has 1 N–H and O–H groups in total. The van der Waals surface area contributed by atoms with Gasteiger partial charge in [-0.15, -0.1) is 0 Å². The molecule has 9 heteroatoms. The Morgan fingerprint density at radius 3 is 2.58 bits per heavy atom. The number of piperazine rings is 1. The molecule has 9 nitrogen and oxygen atoms in total. The zero-order chi connectivity index (χ0) is 27.2. The summed E-state index contributed by atoms with van der Waals surface area (Å²) in [5.41, 5.74) is 4.83. The fraction of sp³-hybridized carbons (Fsp3) is 0.516. The second kappa shape index (κ2) is 10.5. The van der Waals surface area contributed by atoms with Crippen molar-refractivity contribution in [3.63, 3.8) is 0 Å². The Morgan fingerprint density at radius 2 is 1.82 bits per heavy atom. The summed E-state index contributed by atoms with van der Waals surface area (Å²) < 4.78 is 6.31. The minimum Gasteiger partial charge on any atom is -0.462 e. The number of likely N-dealkylation sites (tertiary alicyclic amines) is 1. The van der Waals surface area contributed by atoms with Crippen molar-refractivity contribution in [2.24, 2.45) is 0 Å². The summed E-state index contributed by atoms with van der Waals surface area (Å²) in [6.45, 7) is 9.36. The van der Waals surface area contributed by atoms with Crippen LogP contribution in [0.25, 0.3) is 10.8 Å². The molecule has 0 radical (unpaired) electrons. The molecule has 5 heterocycles. The van der Waals surface area contributed by atoms with Crippen LogP contribution in [0.4, 0.5) is 11.5 Å². The first kappa shape index (κ1) is 25.5. The molecule has 1 amide bonds. The number of amides is 1. The molecule has 0 aliphatic carbocycles. The number of ether oxygens (including phenoxy) is 1. The Hall–Kier alpha value is -3.43. The van der Waals surface area contributed by atoms with E-state index in [1.165, 1.54) is 34.0 Å². The van der Waals surface area contributed by atoms with Gasteiger partial charge in [0.1, 0.15) is 12.4 Å². The van der Waals surface area contributed by atoms with Crippen molar-refractivity contribution in [1.29, 1.82) is 0 Å². The van der Waals surface area contributed by atoms with E-state index < -0.39 is 0 Å². The van der Waals surface area contributed by atoms with Crippen molar-refractivity contribution < 1.29 is 9.53 Å². The lowest BCUT2D eigenvalue weighted by Crippen LogP contribution is -2.51. The van der Waals surface area contributed by atoms with Crippen LogP contribution < -0.4 is 19.9 Å². The summed E-state index contributed by atoms with van der Waals surface area (Å²) >= 11 is 0. The number of nitrogens with one attached hydrogen (secondary N) is 1. The summed E-state index contributed by atoms with van der Waals surface area (Å²) in [7, 11) is 2.17. The monoisotopic (exact) mass is 541 g/mol. The Kier molecular flexibility index (Phi) is 6.71. The molecule has 0 bridgehead atoms. The standard InChI is InChI=1S/C31H39N7O2/c1-21-6-3-7-22-8-4-10-27(28(21)22)38-13-11-24-26(19-38)33-31(40-20-23-9-5-12-35(23)2)34-29(24)36-14-16-37(17-15-36)30(39)25-18-32-25/h3-4,6-8,10,23,25,32H,5,9,11-20H2,1-2H3/t23-,25?/m0/s1. The maximum atomic E-state index is 12.6. The minimum atomic E-state index is 0.0239. The Labute approximate surface area is 236 Å². The quantitative estimate of drug-likeness (QED) is 0.477. The van der Waals surface area contributed by atoms with Gasteiger partial charge < -0.3 is 29.7 Å². The SMILES string of the molecule is Cc1cccc2cccc(N3CCc4c(nc(OC[C@@H]5CCCN5C)nc4N4CCN(C(=O)C5CN5)CC4)C3)c12. The molecule has 2 aromatic carbocycles. The van der Waals surface area contributed by atoms with Crippen LogP contribution in [0, 0.1) is 6.92 Å². The molecule has 4 aliphatic heterocycles. The van der Waals surface area contributed by atoms with Crippen LogP contribution in [0.15, 0.2) is 36.4 Å². The van der Waals surface area contributed by atoms with Crippen LogP contribution in [0.5, 0.6) is 6.01 Å². The number of nitrogens with zero attached hydrogens (tertiary/aromatic N) is 6. The maximum Gasteiger partial charge on any atom is 0.318 e. The van der Waals surface area contributed by atoms with Crippen molar-refractivity contribution in [2.45, 2.75) is 44.8 Å². The van der Waals surface area contributed by atoms with Gasteiger partial charge in [-0.25, -0.2) is 0 Å². The molecule has 0 saturated carbocycles. The van der Waals surface area contributed by atoms with E-state index in [2.05, 4.69) is 70.4 Å². The first-order valence-electron chi connectivity index (χ1n) is 14.8. The van der Waals surface area contributed by atoms with E-state index in [-0.39, 0.29) is 11.9 Å². The summed E-state index contributed by atoms with van der Waals surface area (Å²) in [5, 5.41) is 5.73. The Bertz CT molecular complexity index is 1410. The summed E-state index contributed by atoms with van der Waals surface area (Å²) in [6, 6.07) is 14.0. The van der Waals surface area contributed by atoms with Gasteiger partial charge in [0, 0.05) is 61.9 Å². The molecule has 3 saturated heterocycles. The van der Waals surface area contributed by atoms with Gasteiger partial charge in [-0.3, -0.25) is 4.79 Å². The average Bonchev–Trinajstić information content (AvgIpc) is 3.76. The van der Waals surface area contributed by atoms with Gasteiger partial charge in [-0.2, -0.15) is 9.97 Å². The molecule has 40 heavy (non-hydrogen) atoms. The number of aryl methyl sites for hydroxylation is 1. The number of benzene rings is 2. The number of aromatic nitrogens is 2. The van der Waals surface area contributed by atoms with Gasteiger partial charge >= 0.3 is 6.01 Å². The summed E-state index contributed by atoms with van der Waals surface area (Å²) in [6.07, 6.45) is 3.23. The zero-order valence-electron chi connectivity index (χ0n) is 23.6. The number of hydrogen-bond acceptors (Lipinski definition) is 8. The average molecular weight is 542 g/mol. The van der Waals surface area contributed by atoms with Gasteiger partial charge in [0.05, 0.1) is 18.3 Å². The molecule has 4 aliphatic rings. The lowest BCUT2D eigenvalue weighted by atomic mass is 9.99. The van der Waals surface area contributed by atoms with Gasteiger partial charge in [0.2, 0.25) is 5.91 Å². The molecular weight excluding hydrogens is 502 g/mol. The molecule has 7 rings (SSSR count). The summed E-state index contributed by atoms with van der Waals surface area (Å²) in [5.74, 6) is 1.22. The zero-order valence-corrected chi connectivity index (χ0v) is 23.6. The highest BCUT2D eigenvalue weighted by atomic mass is 16.5. The molecule has 1 unspecified atom stereocenters. The Morgan fingerprint density at radius 1 is 1.02 bits per heavy atom. The van der Waals surface area contributed by atoms with E-state index in [1.54, 1.807) is 0 Å². The largest absolute Gasteiger partial charge is 0.462 e. The fourth-order valence-electron chi connectivity index (χ4n) is 6.64. The minimum absolute atomic E-state index is 0.0239. The van der Waals surface area contributed by atoms with E-state index in [0.717, 1.165) is 76.7 Å². The van der Waals surface area contributed by atoms with Crippen LogP contribution >= 0.6 is 0 Å². The van der Waals surface area contributed by atoms with Crippen molar-refractivity contribution in [3.05, 3.63) is 53.2 Å². The molecular formula is C31H39N7O2. The van der Waals surface area contributed by atoms with Gasteiger partial charge in [0.15, 0.2) is 0 Å². The van der Waals surface area contributed by atoms with Crippen molar-refractivity contribution in [1.82, 2.24) is 25.1 Å². The molecule has 3 aromatic rings. The summed E-state index contributed by atoms with van der Waals surface area (Å²) in [4.78, 5) is 31.8. The lowest BCUT2D eigenvalue weighted by molar-refractivity contribution is -0.130. The normalized spacial score (nSPS) is 23.0. The number of rotatable bonds is 6. The molecule has 0 spiro atoms. The third-order valence-corrected chi connectivity index (χ3v) is 9.13. The van der Waals surface area contributed by atoms with E-state index in [4.69, 9.17) is 14.7 Å². The predicted octanol–water partition coefficient (Wildman–Crippen LogP) is 2.59. The van der Waals surface area contributed by atoms with E-state index in [0.29, 0.717) is 18.7 Å². The maximum absolute atomic E-state index is 12.6. The topological polar surface area (TPSA) is 87.0 Å². The highest BCUT2D eigenvalue weighted by Crippen LogP contribution is 2.35. The van der Waals surface area contributed by atoms with Gasteiger partial charge in [-0.1, -0.05) is 30.3 Å². The van der Waals surface area contributed by atoms with Crippen LogP contribution in [0.1, 0.15) is 29.7 Å². The number of anilines is 2.